The van der Waals surface area contributed by atoms with E-state index >= 15 is 0 Å². The number of fused-ring (bicyclic) bond motifs is 1. The molecule has 0 saturated carbocycles. The third kappa shape index (κ3) is 3.16. The third-order valence-electron chi connectivity index (χ3n) is 2.87. The summed E-state index contributed by atoms with van der Waals surface area (Å²) in [6.45, 7) is -0.0317. The Bertz CT molecular complexity index is 716. The molecule has 0 unspecified atom stereocenters. The van der Waals surface area contributed by atoms with Gasteiger partial charge in [-0.3, -0.25) is 0 Å². The molecule has 0 fully saturated rings. The van der Waals surface area contributed by atoms with Gasteiger partial charge in [0.05, 0.1) is 13.7 Å². The van der Waals surface area contributed by atoms with Crippen molar-refractivity contribution in [2.45, 2.75) is 0 Å². The summed E-state index contributed by atoms with van der Waals surface area (Å²) in [7, 11) is 1.30. The molecule has 0 amide bonds. The fourth-order valence-electron chi connectivity index (χ4n) is 1.91. The van der Waals surface area contributed by atoms with Crippen molar-refractivity contribution < 1.29 is 9.53 Å². The molecule has 0 spiro atoms. The molecule has 100 valence electrons. The van der Waals surface area contributed by atoms with Gasteiger partial charge in [0.2, 0.25) is 0 Å². The van der Waals surface area contributed by atoms with E-state index in [0.717, 1.165) is 16.3 Å². The van der Waals surface area contributed by atoms with Crippen LogP contribution >= 0.6 is 0 Å². The van der Waals surface area contributed by atoms with Crippen molar-refractivity contribution in [3.8, 4) is 0 Å². The molecule has 2 aromatic rings. The molecule has 0 aliphatic carbocycles. The highest BCUT2D eigenvalue weighted by Gasteiger charge is 2.08. The average Bonchev–Trinajstić information content (AvgIpc) is 2.50. The van der Waals surface area contributed by atoms with E-state index in [1.165, 1.54) is 7.11 Å². The lowest BCUT2D eigenvalue weighted by Crippen LogP contribution is -2.07. The van der Waals surface area contributed by atoms with E-state index in [-0.39, 0.29) is 6.54 Å². The maximum Gasteiger partial charge on any atom is 0.333 e. The van der Waals surface area contributed by atoms with Crippen LogP contribution in [0.25, 0.3) is 27.3 Å². The van der Waals surface area contributed by atoms with Crippen molar-refractivity contribution in [3.63, 3.8) is 0 Å². The Labute approximate surface area is 116 Å². The van der Waals surface area contributed by atoms with Crippen LogP contribution in [0.15, 0.2) is 53.2 Å². The topological polar surface area (TPSA) is 75.1 Å². The van der Waals surface area contributed by atoms with Gasteiger partial charge in [-0.05, 0) is 34.0 Å². The largest absolute Gasteiger partial charge is 0.466 e. The van der Waals surface area contributed by atoms with E-state index in [4.69, 9.17) is 5.53 Å². The van der Waals surface area contributed by atoms with Crippen molar-refractivity contribution in [1.29, 1.82) is 0 Å². The van der Waals surface area contributed by atoms with Crippen LogP contribution in [0, 0.1) is 0 Å². The van der Waals surface area contributed by atoms with Crippen LogP contribution in [0.2, 0.25) is 0 Å². The Morgan fingerprint density at radius 1 is 1.30 bits per heavy atom. The first-order valence-corrected chi connectivity index (χ1v) is 6.03. The summed E-state index contributed by atoms with van der Waals surface area (Å²) < 4.78 is 4.68. The van der Waals surface area contributed by atoms with E-state index in [0.29, 0.717) is 5.57 Å². The number of hydrogen-bond donors (Lipinski definition) is 0. The average molecular weight is 267 g/mol. The van der Waals surface area contributed by atoms with Gasteiger partial charge in [0, 0.05) is 10.5 Å². The summed E-state index contributed by atoms with van der Waals surface area (Å²) in [5.74, 6) is -0.495. The molecular weight excluding hydrogens is 254 g/mol. The molecule has 20 heavy (non-hydrogen) atoms. The lowest BCUT2D eigenvalue weighted by Gasteiger charge is -2.03. The number of ether oxygens (including phenoxy) is 1. The summed E-state index contributed by atoms with van der Waals surface area (Å²) in [6.07, 6.45) is 1.67. The number of nitrogens with zero attached hydrogens (tertiary/aromatic N) is 3. The number of benzene rings is 2. The van der Waals surface area contributed by atoms with E-state index < -0.39 is 5.97 Å². The van der Waals surface area contributed by atoms with Gasteiger partial charge in [-0.1, -0.05) is 41.5 Å². The second-order valence-electron chi connectivity index (χ2n) is 4.16. The summed E-state index contributed by atoms with van der Waals surface area (Å²) >= 11 is 0. The normalized spacial score (nSPS) is 10.9. The molecule has 0 radical (unpaired) electrons. The SMILES string of the molecule is COC(=O)/C(=C/c1ccc2ccccc2c1)CN=[N+]=[N-]. The standard InChI is InChI=1S/C15H13N3O2/c1-20-15(19)14(10-17-18-16)9-11-6-7-12-4-2-3-5-13(12)8-11/h2-9H,10H2,1H3/b14-9+. The van der Waals surface area contributed by atoms with Gasteiger partial charge < -0.3 is 4.74 Å². The number of azide groups is 1. The molecule has 0 saturated heterocycles. The lowest BCUT2D eigenvalue weighted by atomic mass is 10.1. The first kappa shape index (κ1) is 13.6. The fourth-order valence-corrected chi connectivity index (χ4v) is 1.91. The van der Waals surface area contributed by atoms with Crippen LogP contribution < -0.4 is 0 Å². The molecule has 5 nitrogen and oxygen atoms in total. The predicted molar refractivity (Wildman–Crippen MR) is 78.0 cm³/mol. The maximum absolute atomic E-state index is 11.6. The number of esters is 1. The minimum absolute atomic E-state index is 0.0317. The van der Waals surface area contributed by atoms with Crippen molar-refractivity contribution in [1.82, 2.24) is 0 Å². The van der Waals surface area contributed by atoms with Crippen molar-refractivity contribution in [2.24, 2.45) is 5.11 Å². The molecule has 0 atom stereocenters. The predicted octanol–water partition coefficient (Wildman–Crippen LogP) is 3.71. The molecular formula is C15H13N3O2. The Kier molecular flexibility index (Phi) is 4.37. The van der Waals surface area contributed by atoms with Crippen molar-refractivity contribution in [3.05, 3.63) is 64.0 Å². The Morgan fingerprint density at radius 3 is 2.75 bits per heavy atom. The summed E-state index contributed by atoms with van der Waals surface area (Å²) in [6, 6.07) is 13.8. The molecule has 0 bridgehead atoms. The molecule has 5 heteroatoms. The minimum Gasteiger partial charge on any atom is -0.466 e. The number of hydrogen-bond acceptors (Lipinski definition) is 3. The zero-order valence-electron chi connectivity index (χ0n) is 11.0. The van der Waals surface area contributed by atoms with Crippen LogP contribution in [0.4, 0.5) is 0 Å². The second-order valence-corrected chi connectivity index (χ2v) is 4.16. The Hall–Kier alpha value is -2.78. The number of methoxy groups -OCH3 is 1. The second kappa shape index (κ2) is 6.41. The zero-order valence-corrected chi connectivity index (χ0v) is 11.0. The van der Waals surface area contributed by atoms with E-state index in [9.17, 15) is 4.79 Å². The highest BCUT2D eigenvalue weighted by atomic mass is 16.5. The summed E-state index contributed by atoms with van der Waals surface area (Å²) in [4.78, 5) is 14.3. The lowest BCUT2D eigenvalue weighted by molar-refractivity contribution is -0.136. The molecule has 0 aromatic heterocycles. The molecule has 0 N–H and O–H groups in total. The third-order valence-corrected chi connectivity index (χ3v) is 2.87. The van der Waals surface area contributed by atoms with Gasteiger partial charge in [-0.15, -0.1) is 0 Å². The highest BCUT2D eigenvalue weighted by molar-refractivity contribution is 5.95. The first-order valence-electron chi connectivity index (χ1n) is 6.03. The molecule has 2 aromatic carbocycles. The van der Waals surface area contributed by atoms with Crippen molar-refractivity contribution in [2.75, 3.05) is 13.7 Å². The quantitative estimate of drug-likeness (QED) is 0.278. The van der Waals surface area contributed by atoms with Crippen LogP contribution in [0.1, 0.15) is 5.56 Å². The molecule has 0 aliphatic rings. The van der Waals surface area contributed by atoms with Gasteiger partial charge in [0.15, 0.2) is 0 Å². The van der Waals surface area contributed by atoms with Crippen LogP contribution in [-0.2, 0) is 9.53 Å². The van der Waals surface area contributed by atoms with Crippen molar-refractivity contribution >= 4 is 22.8 Å². The van der Waals surface area contributed by atoms with Gasteiger partial charge in [-0.2, -0.15) is 0 Å². The fraction of sp³-hybridized carbons (Fsp3) is 0.133. The first-order chi connectivity index (χ1) is 9.74. The smallest absolute Gasteiger partial charge is 0.333 e. The monoisotopic (exact) mass is 267 g/mol. The van der Waals surface area contributed by atoms with E-state index in [2.05, 4.69) is 14.8 Å². The Morgan fingerprint density at radius 2 is 2.05 bits per heavy atom. The number of rotatable bonds is 4. The molecule has 2 rings (SSSR count). The van der Waals surface area contributed by atoms with Gasteiger partial charge >= 0.3 is 5.97 Å². The molecule has 0 heterocycles. The van der Waals surface area contributed by atoms with Crippen LogP contribution in [-0.4, -0.2) is 19.6 Å². The molecule has 0 aliphatic heterocycles. The minimum atomic E-state index is -0.495. The van der Waals surface area contributed by atoms with Gasteiger partial charge in [0.25, 0.3) is 0 Å². The highest BCUT2D eigenvalue weighted by Crippen LogP contribution is 2.18. The van der Waals surface area contributed by atoms with Crippen LogP contribution in [0.5, 0.6) is 0 Å². The van der Waals surface area contributed by atoms with Gasteiger partial charge in [0.1, 0.15) is 0 Å². The summed E-state index contributed by atoms with van der Waals surface area (Å²) in [5, 5.41) is 5.61. The Balaban J connectivity index is 2.41. The van der Waals surface area contributed by atoms with E-state index in [1.807, 2.05) is 42.5 Å². The number of carbonyl (C=O) groups is 1. The summed E-state index contributed by atoms with van der Waals surface area (Å²) in [5.41, 5.74) is 9.53. The number of carbonyl (C=O) groups excluding carboxylic acids is 1. The maximum atomic E-state index is 11.6. The zero-order chi connectivity index (χ0) is 14.4. The van der Waals surface area contributed by atoms with Gasteiger partial charge in [-0.25, -0.2) is 4.79 Å². The van der Waals surface area contributed by atoms with Crippen LogP contribution in [0.3, 0.4) is 0 Å². The van der Waals surface area contributed by atoms with E-state index in [1.54, 1.807) is 6.08 Å².